The number of rotatable bonds is 15. The van der Waals surface area contributed by atoms with Crippen LogP contribution in [0.2, 0.25) is 0 Å². The third kappa shape index (κ3) is 8.18. The van der Waals surface area contributed by atoms with Gasteiger partial charge in [-0.05, 0) is 6.42 Å². The summed E-state index contributed by atoms with van der Waals surface area (Å²) in [4.78, 5) is 4.93. The molecule has 0 aliphatic heterocycles. The minimum Gasteiger partial charge on any atom is -0.229 e. The first-order chi connectivity index (χ1) is 15.9. The van der Waals surface area contributed by atoms with E-state index in [4.69, 9.17) is 4.98 Å². The van der Waals surface area contributed by atoms with Gasteiger partial charge in [0.1, 0.15) is 11.4 Å². The SMILES string of the molecule is CCCCCCCCCCCCCCc1nnc(-c2ccccc2)c(-c2ccccc2)n1. The average molecular weight is 430 g/mol. The maximum absolute atomic E-state index is 4.93. The number of benzene rings is 2. The molecule has 0 saturated heterocycles. The fourth-order valence-electron chi connectivity index (χ4n) is 4.18. The van der Waals surface area contributed by atoms with Crippen LogP contribution < -0.4 is 0 Å². The predicted octanol–water partition coefficient (Wildman–Crippen LogP) is 8.45. The molecule has 3 nitrogen and oxygen atoms in total. The van der Waals surface area contributed by atoms with Gasteiger partial charge in [-0.3, -0.25) is 0 Å². The van der Waals surface area contributed by atoms with Gasteiger partial charge in [-0.1, -0.05) is 138 Å². The lowest BCUT2D eigenvalue weighted by Gasteiger charge is -2.09. The Labute approximate surface area is 194 Å². The maximum atomic E-state index is 4.93. The molecule has 0 saturated carbocycles. The summed E-state index contributed by atoms with van der Waals surface area (Å²) in [7, 11) is 0. The summed E-state index contributed by atoms with van der Waals surface area (Å²) in [6.07, 6.45) is 17.2. The van der Waals surface area contributed by atoms with Crippen molar-refractivity contribution in [2.24, 2.45) is 0 Å². The summed E-state index contributed by atoms with van der Waals surface area (Å²) in [5.74, 6) is 0.857. The second kappa shape index (κ2) is 14.5. The van der Waals surface area contributed by atoms with Crippen LogP contribution >= 0.6 is 0 Å². The van der Waals surface area contributed by atoms with E-state index in [-0.39, 0.29) is 0 Å². The van der Waals surface area contributed by atoms with Gasteiger partial charge in [-0.2, -0.15) is 0 Å². The highest BCUT2D eigenvalue weighted by atomic mass is 15.2. The average Bonchev–Trinajstić information content (AvgIpc) is 2.86. The van der Waals surface area contributed by atoms with Crippen LogP contribution in [-0.2, 0) is 6.42 Å². The summed E-state index contributed by atoms with van der Waals surface area (Å²) in [6, 6.07) is 20.6. The van der Waals surface area contributed by atoms with Crippen LogP contribution in [0.15, 0.2) is 60.7 Å². The summed E-state index contributed by atoms with van der Waals surface area (Å²) in [6.45, 7) is 2.28. The molecule has 0 unspecified atom stereocenters. The summed E-state index contributed by atoms with van der Waals surface area (Å²) in [5, 5.41) is 9.06. The van der Waals surface area contributed by atoms with Gasteiger partial charge in [0, 0.05) is 17.5 Å². The highest BCUT2D eigenvalue weighted by Crippen LogP contribution is 2.28. The fraction of sp³-hybridized carbons (Fsp3) is 0.483. The Bertz CT molecular complexity index is 877. The lowest BCUT2D eigenvalue weighted by Crippen LogP contribution is -2.03. The first kappa shape index (κ1) is 24.1. The van der Waals surface area contributed by atoms with Gasteiger partial charge in [-0.25, -0.2) is 4.98 Å². The summed E-state index contributed by atoms with van der Waals surface area (Å²) < 4.78 is 0. The zero-order chi connectivity index (χ0) is 22.3. The van der Waals surface area contributed by atoms with E-state index in [1.807, 2.05) is 24.3 Å². The Morgan fingerprint density at radius 2 is 0.969 bits per heavy atom. The lowest BCUT2D eigenvalue weighted by molar-refractivity contribution is 0.542. The standard InChI is InChI=1S/C29H39N3/c1-2-3-4-5-6-7-8-9-10-11-12-19-24-27-30-28(25-20-15-13-16-21-25)29(32-31-27)26-22-17-14-18-23-26/h13-18,20-23H,2-12,19,24H2,1H3. The molecule has 1 aromatic heterocycles. The molecule has 32 heavy (non-hydrogen) atoms. The molecule has 0 atom stereocenters. The molecule has 3 aromatic rings. The van der Waals surface area contributed by atoms with E-state index in [9.17, 15) is 0 Å². The highest BCUT2D eigenvalue weighted by molar-refractivity contribution is 5.77. The second-order valence-electron chi connectivity index (χ2n) is 8.80. The molecule has 3 heteroatoms. The molecule has 0 N–H and O–H groups in total. The molecule has 0 aliphatic rings. The van der Waals surface area contributed by atoms with Crippen LogP contribution in [0.3, 0.4) is 0 Å². The van der Waals surface area contributed by atoms with Crippen molar-refractivity contribution in [1.29, 1.82) is 0 Å². The number of aryl methyl sites for hydroxylation is 1. The zero-order valence-electron chi connectivity index (χ0n) is 19.8. The molecular formula is C29H39N3. The Balaban J connectivity index is 1.44. The third-order valence-electron chi connectivity index (χ3n) is 6.08. The number of hydrogen-bond donors (Lipinski definition) is 0. The van der Waals surface area contributed by atoms with Gasteiger partial charge in [0.25, 0.3) is 0 Å². The van der Waals surface area contributed by atoms with Gasteiger partial charge in [0.15, 0.2) is 5.82 Å². The predicted molar refractivity (Wildman–Crippen MR) is 135 cm³/mol. The molecule has 0 amide bonds. The van der Waals surface area contributed by atoms with Crippen molar-refractivity contribution in [2.45, 2.75) is 90.4 Å². The monoisotopic (exact) mass is 429 g/mol. The quantitative estimate of drug-likeness (QED) is 0.227. The van der Waals surface area contributed by atoms with E-state index >= 15 is 0 Å². The molecule has 1 heterocycles. The first-order valence-corrected chi connectivity index (χ1v) is 12.7. The van der Waals surface area contributed by atoms with Crippen molar-refractivity contribution < 1.29 is 0 Å². The second-order valence-corrected chi connectivity index (χ2v) is 8.80. The largest absolute Gasteiger partial charge is 0.229 e. The summed E-state index contributed by atoms with van der Waals surface area (Å²) >= 11 is 0. The Kier molecular flexibility index (Phi) is 10.9. The molecule has 3 rings (SSSR count). The fourth-order valence-corrected chi connectivity index (χ4v) is 4.18. The van der Waals surface area contributed by atoms with Crippen LogP contribution in [0, 0.1) is 0 Å². The molecule has 0 spiro atoms. The van der Waals surface area contributed by atoms with E-state index in [2.05, 4.69) is 53.5 Å². The van der Waals surface area contributed by atoms with E-state index in [0.717, 1.165) is 41.2 Å². The number of unbranched alkanes of at least 4 members (excludes halogenated alkanes) is 11. The van der Waals surface area contributed by atoms with Gasteiger partial charge >= 0.3 is 0 Å². The van der Waals surface area contributed by atoms with E-state index < -0.39 is 0 Å². The van der Waals surface area contributed by atoms with Crippen LogP contribution in [0.5, 0.6) is 0 Å². The maximum Gasteiger partial charge on any atom is 0.151 e. The van der Waals surface area contributed by atoms with Crippen LogP contribution in [-0.4, -0.2) is 15.2 Å². The minimum absolute atomic E-state index is 0.857. The van der Waals surface area contributed by atoms with Crippen molar-refractivity contribution >= 4 is 0 Å². The van der Waals surface area contributed by atoms with Gasteiger partial charge < -0.3 is 0 Å². The van der Waals surface area contributed by atoms with Crippen molar-refractivity contribution in [3.63, 3.8) is 0 Å². The van der Waals surface area contributed by atoms with Crippen LogP contribution in [0.1, 0.15) is 89.8 Å². The number of hydrogen-bond acceptors (Lipinski definition) is 3. The van der Waals surface area contributed by atoms with E-state index in [0.29, 0.717) is 0 Å². The third-order valence-corrected chi connectivity index (χ3v) is 6.08. The Morgan fingerprint density at radius 3 is 1.50 bits per heavy atom. The molecular weight excluding hydrogens is 390 g/mol. The van der Waals surface area contributed by atoms with Crippen LogP contribution in [0.25, 0.3) is 22.5 Å². The van der Waals surface area contributed by atoms with Gasteiger partial charge in [-0.15, -0.1) is 10.2 Å². The lowest BCUT2D eigenvalue weighted by atomic mass is 10.0. The van der Waals surface area contributed by atoms with Crippen molar-refractivity contribution in [1.82, 2.24) is 15.2 Å². The van der Waals surface area contributed by atoms with Gasteiger partial charge in [0.05, 0.1) is 0 Å². The minimum atomic E-state index is 0.857. The van der Waals surface area contributed by atoms with Gasteiger partial charge in [0.2, 0.25) is 0 Å². The topological polar surface area (TPSA) is 38.7 Å². The van der Waals surface area contributed by atoms with E-state index in [1.54, 1.807) is 0 Å². The molecule has 0 radical (unpaired) electrons. The smallest absolute Gasteiger partial charge is 0.151 e. The Hall–Kier alpha value is -2.55. The Morgan fingerprint density at radius 1 is 0.500 bits per heavy atom. The van der Waals surface area contributed by atoms with Crippen LogP contribution in [0.4, 0.5) is 0 Å². The number of aromatic nitrogens is 3. The first-order valence-electron chi connectivity index (χ1n) is 12.7. The van der Waals surface area contributed by atoms with E-state index in [1.165, 1.54) is 70.6 Å². The molecule has 170 valence electrons. The number of nitrogens with zero attached hydrogens (tertiary/aromatic N) is 3. The molecule has 2 aromatic carbocycles. The molecule has 0 aliphatic carbocycles. The highest BCUT2D eigenvalue weighted by Gasteiger charge is 2.13. The van der Waals surface area contributed by atoms with Crippen molar-refractivity contribution in [3.05, 3.63) is 66.5 Å². The summed E-state index contributed by atoms with van der Waals surface area (Å²) in [5.41, 5.74) is 3.94. The normalized spacial score (nSPS) is 11.0. The van der Waals surface area contributed by atoms with Crippen molar-refractivity contribution in [3.8, 4) is 22.5 Å². The molecule has 0 fully saturated rings. The molecule has 0 bridgehead atoms. The zero-order valence-corrected chi connectivity index (χ0v) is 19.8. The van der Waals surface area contributed by atoms with Crippen molar-refractivity contribution in [2.75, 3.05) is 0 Å².